The van der Waals surface area contributed by atoms with E-state index < -0.39 is 0 Å². The standard InChI is InChI=1S/C13H25BrN2/c1-15(11-12-9-13(14)10-12)5-4-8-16-6-2-3-7-16/h12-13H,2-11H2,1H3. The number of hydrogen-bond acceptors (Lipinski definition) is 2. The molecule has 1 aliphatic carbocycles. The second-order valence-electron chi connectivity index (χ2n) is 5.60. The number of halogens is 1. The molecule has 3 heteroatoms. The van der Waals surface area contributed by atoms with Crippen molar-refractivity contribution < 1.29 is 0 Å². The minimum absolute atomic E-state index is 0.815. The van der Waals surface area contributed by atoms with Gasteiger partial charge in [-0.1, -0.05) is 15.9 Å². The molecule has 0 aromatic carbocycles. The zero-order valence-electron chi connectivity index (χ0n) is 10.5. The van der Waals surface area contributed by atoms with Gasteiger partial charge in [-0.05, 0) is 71.2 Å². The van der Waals surface area contributed by atoms with Gasteiger partial charge >= 0.3 is 0 Å². The van der Waals surface area contributed by atoms with Crippen molar-refractivity contribution in [1.29, 1.82) is 0 Å². The fraction of sp³-hybridized carbons (Fsp3) is 1.00. The molecule has 2 aliphatic rings. The van der Waals surface area contributed by atoms with Crippen LogP contribution >= 0.6 is 15.9 Å². The van der Waals surface area contributed by atoms with Crippen LogP contribution in [0.15, 0.2) is 0 Å². The third-order valence-electron chi connectivity index (χ3n) is 3.96. The van der Waals surface area contributed by atoms with Crippen molar-refractivity contribution in [2.24, 2.45) is 5.92 Å². The molecule has 0 spiro atoms. The molecule has 0 aromatic rings. The van der Waals surface area contributed by atoms with Crippen molar-refractivity contribution in [1.82, 2.24) is 9.80 Å². The monoisotopic (exact) mass is 288 g/mol. The van der Waals surface area contributed by atoms with Crippen molar-refractivity contribution in [3.05, 3.63) is 0 Å². The summed E-state index contributed by atoms with van der Waals surface area (Å²) < 4.78 is 0. The minimum Gasteiger partial charge on any atom is -0.306 e. The van der Waals surface area contributed by atoms with E-state index in [1.165, 1.54) is 64.8 Å². The smallest absolute Gasteiger partial charge is 0.0152 e. The highest BCUT2D eigenvalue weighted by molar-refractivity contribution is 9.09. The molecule has 1 aliphatic heterocycles. The quantitative estimate of drug-likeness (QED) is 0.693. The van der Waals surface area contributed by atoms with Crippen LogP contribution in [0.3, 0.4) is 0 Å². The van der Waals surface area contributed by atoms with E-state index >= 15 is 0 Å². The summed E-state index contributed by atoms with van der Waals surface area (Å²) in [5.41, 5.74) is 0. The molecule has 0 unspecified atom stereocenters. The van der Waals surface area contributed by atoms with Crippen LogP contribution < -0.4 is 0 Å². The maximum atomic E-state index is 3.66. The van der Waals surface area contributed by atoms with Crippen LogP contribution in [0.5, 0.6) is 0 Å². The van der Waals surface area contributed by atoms with E-state index in [1.54, 1.807) is 0 Å². The van der Waals surface area contributed by atoms with Gasteiger partial charge in [0, 0.05) is 11.4 Å². The van der Waals surface area contributed by atoms with Crippen LogP contribution in [0.2, 0.25) is 0 Å². The van der Waals surface area contributed by atoms with Crippen LogP contribution in [0.1, 0.15) is 32.1 Å². The largest absolute Gasteiger partial charge is 0.306 e. The number of alkyl halides is 1. The molecule has 0 bridgehead atoms. The average Bonchev–Trinajstić information content (AvgIpc) is 2.68. The van der Waals surface area contributed by atoms with E-state index in [4.69, 9.17) is 0 Å². The first-order valence-corrected chi connectivity index (χ1v) is 7.70. The molecule has 0 atom stereocenters. The first-order chi connectivity index (χ1) is 7.74. The van der Waals surface area contributed by atoms with E-state index in [0.717, 1.165) is 10.7 Å². The van der Waals surface area contributed by atoms with Gasteiger partial charge in [0.1, 0.15) is 0 Å². The van der Waals surface area contributed by atoms with Gasteiger partial charge in [0.2, 0.25) is 0 Å². The van der Waals surface area contributed by atoms with Crippen LogP contribution in [0.25, 0.3) is 0 Å². The zero-order valence-corrected chi connectivity index (χ0v) is 12.1. The number of nitrogens with zero attached hydrogens (tertiary/aromatic N) is 2. The van der Waals surface area contributed by atoms with Crippen molar-refractivity contribution in [3.8, 4) is 0 Å². The number of likely N-dealkylation sites (tertiary alicyclic amines) is 1. The van der Waals surface area contributed by atoms with Crippen molar-refractivity contribution >= 4 is 15.9 Å². The molecule has 1 saturated carbocycles. The number of hydrogen-bond donors (Lipinski definition) is 0. The molecular weight excluding hydrogens is 264 g/mol. The molecule has 1 heterocycles. The first-order valence-electron chi connectivity index (χ1n) is 6.79. The molecule has 1 saturated heterocycles. The Morgan fingerprint density at radius 1 is 1.25 bits per heavy atom. The second kappa shape index (κ2) is 6.36. The summed E-state index contributed by atoms with van der Waals surface area (Å²) in [6, 6.07) is 0. The van der Waals surface area contributed by atoms with Crippen LogP contribution in [-0.2, 0) is 0 Å². The lowest BCUT2D eigenvalue weighted by Crippen LogP contribution is -2.35. The molecule has 2 rings (SSSR count). The van der Waals surface area contributed by atoms with E-state index in [1.807, 2.05) is 0 Å². The summed E-state index contributed by atoms with van der Waals surface area (Å²) in [5, 5.41) is 0. The Labute approximate surface area is 108 Å². The Morgan fingerprint density at radius 2 is 1.94 bits per heavy atom. The second-order valence-corrected chi connectivity index (χ2v) is 6.89. The lowest BCUT2D eigenvalue weighted by atomic mass is 9.85. The highest BCUT2D eigenvalue weighted by Gasteiger charge is 2.27. The van der Waals surface area contributed by atoms with Gasteiger partial charge in [-0.3, -0.25) is 0 Å². The summed E-state index contributed by atoms with van der Waals surface area (Å²) in [6.07, 6.45) is 6.96. The van der Waals surface area contributed by atoms with Crippen LogP contribution in [0, 0.1) is 5.92 Å². The highest BCUT2D eigenvalue weighted by atomic mass is 79.9. The average molecular weight is 289 g/mol. The van der Waals surface area contributed by atoms with E-state index in [0.29, 0.717) is 0 Å². The Morgan fingerprint density at radius 3 is 2.56 bits per heavy atom. The molecule has 2 fully saturated rings. The van der Waals surface area contributed by atoms with Crippen molar-refractivity contribution in [3.63, 3.8) is 0 Å². The van der Waals surface area contributed by atoms with Gasteiger partial charge in [0.05, 0.1) is 0 Å². The fourth-order valence-electron chi connectivity index (χ4n) is 2.91. The Hall–Kier alpha value is 0.400. The first kappa shape index (κ1) is 12.8. The summed E-state index contributed by atoms with van der Waals surface area (Å²) in [4.78, 5) is 5.96. The topological polar surface area (TPSA) is 6.48 Å². The number of rotatable bonds is 6. The van der Waals surface area contributed by atoms with Crippen LogP contribution in [0.4, 0.5) is 0 Å². The van der Waals surface area contributed by atoms with E-state index in [9.17, 15) is 0 Å². The predicted molar refractivity (Wildman–Crippen MR) is 73.2 cm³/mol. The van der Waals surface area contributed by atoms with Crippen molar-refractivity contribution in [2.45, 2.75) is 36.9 Å². The lowest BCUT2D eigenvalue weighted by molar-refractivity contribution is 0.203. The fourth-order valence-corrected chi connectivity index (χ4v) is 3.96. The highest BCUT2D eigenvalue weighted by Crippen LogP contribution is 2.33. The lowest BCUT2D eigenvalue weighted by Gasteiger charge is -2.34. The summed E-state index contributed by atoms with van der Waals surface area (Å²) >= 11 is 3.66. The Balaban J connectivity index is 1.48. The van der Waals surface area contributed by atoms with Gasteiger partial charge < -0.3 is 9.80 Å². The molecule has 94 valence electrons. The third-order valence-corrected chi connectivity index (χ3v) is 4.71. The molecule has 16 heavy (non-hydrogen) atoms. The van der Waals surface area contributed by atoms with E-state index in [-0.39, 0.29) is 0 Å². The SMILES string of the molecule is CN(CCCN1CCCC1)CC1CC(Br)C1. The van der Waals surface area contributed by atoms with Gasteiger partial charge in [0.25, 0.3) is 0 Å². The molecular formula is C13H25BrN2. The molecule has 0 amide bonds. The van der Waals surface area contributed by atoms with Crippen molar-refractivity contribution in [2.75, 3.05) is 39.8 Å². The van der Waals surface area contributed by atoms with Gasteiger partial charge in [0.15, 0.2) is 0 Å². The Bertz CT molecular complexity index is 198. The maximum absolute atomic E-state index is 3.66. The van der Waals surface area contributed by atoms with Gasteiger partial charge in [-0.2, -0.15) is 0 Å². The van der Waals surface area contributed by atoms with Gasteiger partial charge in [-0.25, -0.2) is 0 Å². The molecule has 0 radical (unpaired) electrons. The summed E-state index contributed by atoms with van der Waals surface area (Å²) in [6.45, 7) is 6.59. The maximum Gasteiger partial charge on any atom is 0.0152 e. The minimum atomic E-state index is 0.815. The zero-order chi connectivity index (χ0) is 11.4. The van der Waals surface area contributed by atoms with Crippen LogP contribution in [-0.4, -0.2) is 54.4 Å². The van der Waals surface area contributed by atoms with Gasteiger partial charge in [-0.15, -0.1) is 0 Å². The molecule has 0 aromatic heterocycles. The predicted octanol–water partition coefficient (Wildman–Crippen LogP) is 2.58. The normalized spacial score (nSPS) is 30.9. The van der Waals surface area contributed by atoms with E-state index in [2.05, 4.69) is 32.8 Å². The Kier molecular flexibility index (Phi) is 5.11. The summed E-state index contributed by atoms with van der Waals surface area (Å²) in [5.74, 6) is 0.959. The third kappa shape index (κ3) is 4.01. The summed E-state index contributed by atoms with van der Waals surface area (Å²) in [7, 11) is 2.28. The molecule has 0 N–H and O–H groups in total. The molecule has 2 nitrogen and oxygen atoms in total.